The maximum Gasteiger partial charge on any atom is 0.438 e. The predicted molar refractivity (Wildman–Crippen MR) is 67.9 cm³/mol. The average Bonchev–Trinajstić information content (AvgIpc) is 2.36. The van der Waals surface area contributed by atoms with Crippen LogP contribution in [0.2, 0.25) is 0 Å². The average molecular weight is 254 g/mol. The van der Waals surface area contributed by atoms with E-state index in [0.29, 0.717) is 10.8 Å². The fourth-order valence-corrected chi connectivity index (χ4v) is 1.79. The molecule has 0 aromatic heterocycles. The second-order valence-electron chi connectivity index (χ2n) is 3.22. The van der Waals surface area contributed by atoms with E-state index in [9.17, 15) is 9.70 Å². The van der Waals surface area contributed by atoms with E-state index >= 15 is 0 Å². The Morgan fingerprint density at radius 3 is 2.82 bits per heavy atom. The maximum atomic E-state index is 11.4. The molecule has 0 spiro atoms. The fourth-order valence-electron chi connectivity index (χ4n) is 1.13. The first-order valence-corrected chi connectivity index (χ1v) is 6.29. The van der Waals surface area contributed by atoms with Gasteiger partial charge in [-0.3, -0.25) is 0 Å². The fraction of sp³-hybridized carbons (Fsp3) is 0.364. The Hall–Kier alpha value is -1.56. The molecule has 5 nitrogen and oxygen atoms in total. The van der Waals surface area contributed by atoms with Crippen molar-refractivity contribution in [1.82, 2.24) is 5.01 Å². The first kappa shape index (κ1) is 13.5. The summed E-state index contributed by atoms with van der Waals surface area (Å²) in [6.07, 6.45) is -0.783. The molecule has 0 radical (unpaired) electrons. The number of rotatable bonds is 5. The van der Waals surface area contributed by atoms with E-state index < -0.39 is 6.09 Å². The first-order chi connectivity index (χ1) is 8.19. The van der Waals surface area contributed by atoms with Crippen molar-refractivity contribution in [1.29, 1.82) is 0 Å². The van der Waals surface area contributed by atoms with E-state index in [1.54, 1.807) is 23.9 Å². The van der Waals surface area contributed by atoms with Crippen LogP contribution < -0.4 is 4.74 Å². The highest BCUT2D eigenvalue weighted by Gasteiger charge is 2.13. The number of hydrogen-bond donors (Lipinski definition) is 0. The van der Waals surface area contributed by atoms with Gasteiger partial charge in [0.15, 0.2) is 0 Å². The van der Waals surface area contributed by atoms with E-state index in [1.807, 2.05) is 12.1 Å². The van der Waals surface area contributed by atoms with Crippen molar-refractivity contribution >= 4 is 17.9 Å². The number of nitroso groups, excluding NO2 is 1. The maximum absolute atomic E-state index is 11.4. The molecule has 1 rings (SSSR count). The van der Waals surface area contributed by atoms with Crippen LogP contribution in [0.5, 0.6) is 5.75 Å². The minimum Gasteiger partial charge on any atom is -0.409 e. The van der Waals surface area contributed by atoms with Crippen LogP contribution in [0.3, 0.4) is 0 Å². The molecular formula is C11H14N2O3S. The van der Waals surface area contributed by atoms with Gasteiger partial charge in [0.25, 0.3) is 0 Å². The summed E-state index contributed by atoms with van der Waals surface area (Å²) in [6.45, 7) is 2.06. The second kappa shape index (κ2) is 6.90. The minimum absolute atomic E-state index is 0.467. The minimum atomic E-state index is -0.783. The van der Waals surface area contributed by atoms with Crippen LogP contribution in [0.15, 0.2) is 29.6 Å². The molecule has 17 heavy (non-hydrogen) atoms. The zero-order valence-electron chi connectivity index (χ0n) is 9.75. The molecule has 0 aliphatic heterocycles. The summed E-state index contributed by atoms with van der Waals surface area (Å²) in [5, 5.41) is 3.09. The lowest BCUT2D eigenvalue weighted by molar-refractivity contribution is 0.163. The Balaban J connectivity index is 2.75. The van der Waals surface area contributed by atoms with Crippen molar-refractivity contribution in [3.8, 4) is 5.75 Å². The van der Waals surface area contributed by atoms with Gasteiger partial charge in [-0.15, -0.1) is 4.91 Å². The third kappa shape index (κ3) is 4.07. The third-order valence-corrected chi connectivity index (χ3v) is 2.94. The molecule has 6 heteroatoms. The number of hydrogen-bond acceptors (Lipinski definition) is 5. The number of para-hydroxylation sites is 1. The van der Waals surface area contributed by atoms with Gasteiger partial charge in [-0.25, -0.2) is 4.79 Å². The number of thioether (sulfide) groups is 1. The molecule has 1 aromatic carbocycles. The number of carbonyl (C=O) groups excluding carboxylic acids is 1. The van der Waals surface area contributed by atoms with E-state index in [2.05, 4.69) is 12.2 Å². The number of ether oxygens (including phenoxy) is 1. The number of nitrogens with zero attached hydrogens (tertiary/aromatic N) is 2. The number of carbonyl (C=O) groups is 1. The lowest BCUT2D eigenvalue weighted by Gasteiger charge is -2.11. The molecule has 0 heterocycles. The largest absolute Gasteiger partial charge is 0.438 e. The molecule has 0 aliphatic rings. The van der Waals surface area contributed by atoms with Crippen molar-refractivity contribution in [2.75, 3.05) is 12.8 Å². The molecule has 0 saturated carbocycles. The zero-order chi connectivity index (χ0) is 12.7. The normalized spacial score (nSPS) is 9.76. The van der Waals surface area contributed by atoms with Gasteiger partial charge in [0.2, 0.25) is 0 Å². The van der Waals surface area contributed by atoms with Gasteiger partial charge in [-0.05, 0) is 11.8 Å². The van der Waals surface area contributed by atoms with Crippen molar-refractivity contribution in [3.05, 3.63) is 34.7 Å². The summed E-state index contributed by atoms with van der Waals surface area (Å²) in [4.78, 5) is 21.5. The van der Waals surface area contributed by atoms with Gasteiger partial charge in [-0.2, -0.15) is 16.8 Å². The molecule has 0 bridgehead atoms. The van der Waals surface area contributed by atoms with Gasteiger partial charge < -0.3 is 4.74 Å². The van der Waals surface area contributed by atoms with E-state index in [0.717, 1.165) is 17.1 Å². The highest BCUT2D eigenvalue weighted by molar-refractivity contribution is 7.98. The van der Waals surface area contributed by atoms with Crippen LogP contribution in [-0.2, 0) is 5.75 Å². The standard InChI is InChI=1S/C11H14N2O3S/c1-3-17-8-9-6-4-5-7-10(9)16-11(14)13(2)12-15/h4-7H,3,8H2,1-2H3. The van der Waals surface area contributed by atoms with E-state index in [-0.39, 0.29) is 0 Å². The van der Waals surface area contributed by atoms with E-state index in [4.69, 9.17) is 4.74 Å². The Bertz CT molecular complexity index is 398. The van der Waals surface area contributed by atoms with Crippen molar-refractivity contribution in [2.24, 2.45) is 5.29 Å². The summed E-state index contributed by atoms with van der Waals surface area (Å²) in [5.74, 6) is 2.21. The summed E-state index contributed by atoms with van der Waals surface area (Å²) in [7, 11) is 1.25. The first-order valence-electron chi connectivity index (χ1n) is 5.13. The molecule has 0 aliphatic carbocycles. The van der Waals surface area contributed by atoms with Gasteiger partial charge in [0.1, 0.15) is 5.75 Å². The molecule has 0 saturated heterocycles. The van der Waals surface area contributed by atoms with Crippen LogP contribution in [-0.4, -0.2) is 23.9 Å². The van der Waals surface area contributed by atoms with Crippen molar-refractivity contribution in [3.63, 3.8) is 0 Å². The lowest BCUT2D eigenvalue weighted by Crippen LogP contribution is -2.24. The van der Waals surface area contributed by atoms with Crippen LogP contribution in [0, 0.1) is 4.91 Å². The molecular weight excluding hydrogens is 240 g/mol. The Morgan fingerprint density at radius 1 is 1.47 bits per heavy atom. The molecule has 0 N–H and O–H groups in total. The van der Waals surface area contributed by atoms with Gasteiger partial charge in [-0.1, -0.05) is 25.1 Å². The summed E-state index contributed by atoms with van der Waals surface area (Å²) >= 11 is 1.73. The Labute approximate surface area is 104 Å². The van der Waals surface area contributed by atoms with E-state index in [1.165, 1.54) is 7.05 Å². The lowest BCUT2D eigenvalue weighted by atomic mass is 10.2. The molecule has 0 fully saturated rings. The van der Waals surface area contributed by atoms with Crippen molar-refractivity contribution in [2.45, 2.75) is 12.7 Å². The zero-order valence-corrected chi connectivity index (χ0v) is 10.6. The van der Waals surface area contributed by atoms with Gasteiger partial charge in [0, 0.05) is 18.4 Å². The Morgan fingerprint density at radius 2 is 2.18 bits per heavy atom. The smallest absolute Gasteiger partial charge is 0.409 e. The number of amides is 1. The SMILES string of the molecule is CCSCc1ccccc1OC(=O)N(C)N=O. The van der Waals surface area contributed by atoms with Crippen LogP contribution in [0.25, 0.3) is 0 Å². The predicted octanol–water partition coefficient (Wildman–Crippen LogP) is 3.05. The topological polar surface area (TPSA) is 59.0 Å². The quantitative estimate of drug-likeness (QED) is 0.598. The molecule has 1 aromatic rings. The van der Waals surface area contributed by atoms with Crippen molar-refractivity contribution < 1.29 is 9.53 Å². The molecule has 0 unspecified atom stereocenters. The van der Waals surface area contributed by atoms with Crippen LogP contribution in [0.4, 0.5) is 4.79 Å². The number of benzene rings is 1. The molecule has 0 atom stereocenters. The van der Waals surface area contributed by atoms with Gasteiger partial charge >= 0.3 is 6.09 Å². The van der Waals surface area contributed by atoms with Crippen LogP contribution >= 0.6 is 11.8 Å². The van der Waals surface area contributed by atoms with Crippen LogP contribution in [0.1, 0.15) is 12.5 Å². The summed E-state index contributed by atoms with van der Waals surface area (Å²) < 4.78 is 5.08. The third-order valence-electron chi connectivity index (χ3n) is 2.02. The highest BCUT2D eigenvalue weighted by atomic mass is 32.2. The molecule has 92 valence electrons. The molecule has 1 amide bonds. The second-order valence-corrected chi connectivity index (χ2v) is 4.49. The van der Waals surface area contributed by atoms with Gasteiger partial charge in [0.05, 0.1) is 5.29 Å². The summed E-state index contributed by atoms with van der Waals surface area (Å²) in [6, 6.07) is 7.24. The Kier molecular flexibility index (Phi) is 5.48. The highest BCUT2D eigenvalue weighted by Crippen LogP contribution is 2.23. The summed E-state index contributed by atoms with van der Waals surface area (Å²) in [5.41, 5.74) is 0.923. The monoisotopic (exact) mass is 254 g/mol.